The molecule has 0 radical (unpaired) electrons. The van der Waals surface area contributed by atoms with Crippen molar-refractivity contribution in [3.05, 3.63) is 41.8 Å². The van der Waals surface area contributed by atoms with Crippen LogP contribution in [0.25, 0.3) is 22.2 Å². The fourth-order valence-electron chi connectivity index (χ4n) is 1.69. The summed E-state index contributed by atoms with van der Waals surface area (Å²) >= 11 is 2.41. The summed E-state index contributed by atoms with van der Waals surface area (Å²) < 4.78 is 42.0. The topological polar surface area (TPSA) is 64.7 Å². The molecule has 0 aliphatic rings. The van der Waals surface area contributed by atoms with Crippen molar-refractivity contribution in [3.63, 3.8) is 0 Å². The molecule has 0 fully saturated rings. The van der Waals surface area contributed by atoms with Gasteiger partial charge >= 0.3 is 6.08 Å². The Kier molecular flexibility index (Phi) is 5.26. The molecular formula is C14H9F3N4OS2. The molecule has 10 heteroatoms. The molecule has 0 atom stereocenters. The first-order valence-electron chi connectivity index (χ1n) is 6.65. The summed E-state index contributed by atoms with van der Waals surface area (Å²) in [4.78, 5) is 8.43. The number of hydrogen-bond donors (Lipinski definition) is 0. The summed E-state index contributed by atoms with van der Waals surface area (Å²) in [6.45, 7) is 0. The lowest BCUT2D eigenvalue weighted by atomic mass is 10.3. The number of hydrogen-bond acceptors (Lipinski definition) is 7. The third-order valence-electron chi connectivity index (χ3n) is 2.79. The van der Waals surface area contributed by atoms with E-state index in [2.05, 4.69) is 20.2 Å². The molecular weight excluding hydrogens is 361 g/mol. The molecule has 0 bridgehead atoms. The Morgan fingerprint density at radius 1 is 1.25 bits per heavy atom. The second-order valence-electron chi connectivity index (χ2n) is 4.42. The number of aromatic nitrogens is 4. The lowest BCUT2D eigenvalue weighted by molar-refractivity contribution is 0.373. The summed E-state index contributed by atoms with van der Waals surface area (Å²) in [7, 11) is 0. The number of nitrogens with zero attached hydrogens (tertiary/aromatic N) is 4. The van der Waals surface area contributed by atoms with Crippen LogP contribution >= 0.6 is 23.1 Å². The molecule has 3 aromatic rings. The number of thioether (sulfide) groups is 1. The molecule has 5 nitrogen and oxygen atoms in total. The van der Waals surface area contributed by atoms with Gasteiger partial charge in [0, 0.05) is 35.5 Å². The van der Waals surface area contributed by atoms with E-state index in [4.69, 9.17) is 4.42 Å². The summed E-state index contributed by atoms with van der Waals surface area (Å²) in [5.41, 5.74) is 1.39. The summed E-state index contributed by atoms with van der Waals surface area (Å²) in [5.74, 6) is -1.14. The van der Waals surface area contributed by atoms with Gasteiger partial charge in [-0.25, -0.2) is 9.37 Å². The molecule has 0 saturated carbocycles. The van der Waals surface area contributed by atoms with Crippen molar-refractivity contribution < 1.29 is 17.6 Å². The molecule has 0 unspecified atom stereocenters. The largest absolute Gasteiger partial charge is 0.410 e. The SMILES string of the molecule is FC(F)=C(F)CCSc1nnc(-c2csc(-c3cccnc3)n2)o1. The van der Waals surface area contributed by atoms with E-state index in [9.17, 15) is 13.2 Å². The molecule has 3 heterocycles. The minimum atomic E-state index is -2.30. The van der Waals surface area contributed by atoms with Gasteiger partial charge < -0.3 is 4.42 Å². The molecule has 0 saturated heterocycles. The van der Waals surface area contributed by atoms with Crippen molar-refractivity contribution in [2.24, 2.45) is 0 Å². The van der Waals surface area contributed by atoms with Crippen LogP contribution in [0.4, 0.5) is 13.2 Å². The van der Waals surface area contributed by atoms with E-state index in [0.29, 0.717) is 5.69 Å². The van der Waals surface area contributed by atoms with Crippen LogP contribution in [-0.2, 0) is 0 Å². The molecule has 124 valence electrons. The van der Waals surface area contributed by atoms with Gasteiger partial charge in [0.25, 0.3) is 11.1 Å². The molecule has 0 aromatic carbocycles. The van der Waals surface area contributed by atoms with E-state index in [0.717, 1.165) is 22.3 Å². The van der Waals surface area contributed by atoms with Gasteiger partial charge in [-0.05, 0) is 12.1 Å². The van der Waals surface area contributed by atoms with Crippen molar-refractivity contribution in [2.75, 3.05) is 5.75 Å². The van der Waals surface area contributed by atoms with Crippen molar-refractivity contribution in [1.29, 1.82) is 0 Å². The Morgan fingerprint density at radius 2 is 2.12 bits per heavy atom. The van der Waals surface area contributed by atoms with E-state index >= 15 is 0 Å². The number of halogens is 3. The third kappa shape index (κ3) is 4.01. The number of pyridine rings is 1. The molecule has 3 aromatic heterocycles. The van der Waals surface area contributed by atoms with Crippen LogP contribution in [-0.4, -0.2) is 25.9 Å². The molecule has 0 amide bonds. The highest BCUT2D eigenvalue weighted by Crippen LogP contribution is 2.29. The fourth-order valence-corrected chi connectivity index (χ4v) is 3.16. The first-order chi connectivity index (χ1) is 11.6. The van der Waals surface area contributed by atoms with Gasteiger partial charge in [0.05, 0.1) is 0 Å². The van der Waals surface area contributed by atoms with E-state index in [1.807, 2.05) is 12.1 Å². The summed E-state index contributed by atoms with van der Waals surface area (Å²) in [6.07, 6.45) is 0.676. The maximum atomic E-state index is 12.7. The van der Waals surface area contributed by atoms with E-state index in [-0.39, 0.29) is 16.9 Å². The molecule has 0 N–H and O–H groups in total. The predicted molar refractivity (Wildman–Crippen MR) is 84.3 cm³/mol. The standard InChI is InChI=1S/C14H9F3N4OS2/c15-9(11(16)17)3-5-23-14-21-20-12(22-14)10-7-24-13(19-10)8-2-1-4-18-6-8/h1-2,4,6-7H,3,5H2. The molecule has 0 aliphatic heterocycles. The molecule has 3 rings (SSSR count). The Balaban J connectivity index is 1.66. The zero-order valence-corrected chi connectivity index (χ0v) is 13.6. The minimum absolute atomic E-state index is 0.0722. The first kappa shape index (κ1) is 16.7. The van der Waals surface area contributed by atoms with Crippen LogP contribution in [0.5, 0.6) is 0 Å². The maximum Gasteiger partial charge on any atom is 0.301 e. The highest BCUT2D eigenvalue weighted by Gasteiger charge is 2.14. The van der Waals surface area contributed by atoms with Gasteiger partial charge in [0.15, 0.2) is 5.83 Å². The average molecular weight is 370 g/mol. The zero-order chi connectivity index (χ0) is 16.9. The Morgan fingerprint density at radius 3 is 2.88 bits per heavy atom. The van der Waals surface area contributed by atoms with E-state index in [1.165, 1.54) is 11.3 Å². The van der Waals surface area contributed by atoms with Gasteiger partial charge in [0.2, 0.25) is 0 Å². The second kappa shape index (κ2) is 7.58. The lowest BCUT2D eigenvalue weighted by Gasteiger charge is -1.94. The molecule has 0 spiro atoms. The van der Waals surface area contributed by atoms with Gasteiger partial charge in [-0.3, -0.25) is 4.98 Å². The van der Waals surface area contributed by atoms with Crippen molar-refractivity contribution in [3.8, 4) is 22.2 Å². The van der Waals surface area contributed by atoms with E-state index < -0.39 is 18.3 Å². The smallest absolute Gasteiger partial charge is 0.301 e. The number of rotatable bonds is 6. The van der Waals surface area contributed by atoms with Crippen LogP contribution in [0.3, 0.4) is 0 Å². The monoisotopic (exact) mass is 370 g/mol. The van der Waals surface area contributed by atoms with Crippen LogP contribution < -0.4 is 0 Å². The Labute approximate surface area is 142 Å². The quantitative estimate of drug-likeness (QED) is 0.580. The molecule has 0 aliphatic carbocycles. The minimum Gasteiger partial charge on any atom is -0.410 e. The van der Waals surface area contributed by atoms with Crippen LogP contribution in [0, 0.1) is 0 Å². The second-order valence-corrected chi connectivity index (χ2v) is 6.32. The van der Waals surface area contributed by atoms with Crippen molar-refractivity contribution in [2.45, 2.75) is 11.6 Å². The first-order valence-corrected chi connectivity index (χ1v) is 8.52. The van der Waals surface area contributed by atoms with Crippen molar-refractivity contribution >= 4 is 23.1 Å². The van der Waals surface area contributed by atoms with Crippen LogP contribution in [0.2, 0.25) is 0 Å². The predicted octanol–water partition coefficient (Wildman–Crippen LogP) is 4.81. The number of allylic oxidation sites excluding steroid dienone is 1. The fraction of sp³-hybridized carbons (Fsp3) is 0.143. The van der Waals surface area contributed by atoms with Crippen LogP contribution in [0.1, 0.15) is 6.42 Å². The third-order valence-corrected chi connectivity index (χ3v) is 4.50. The normalized spacial score (nSPS) is 10.8. The molecule has 24 heavy (non-hydrogen) atoms. The summed E-state index contributed by atoms with van der Waals surface area (Å²) in [6, 6.07) is 3.70. The summed E-state index contributed by atoms with van der Waals surface area (Å²) in [5, 5.41) is 10.4. The van der Waals surface area contributed by atoms with E-state index in [1.54, 1.807) is 17.8 Å². The van der Waals surface area contributed by atoms with Gasteiger partial charge in [-0.1, -0.05) is 11.8 Å². The Hall–Kier alpha value is -2.20. The average Bonchev–Trinajstić information content (AvgIpc) is 3.24. The van der Waals surface area contributed by atoms with Crippen molar-refractivity contribution in [1.82, 2.24) is 20.2 Å². The van der Waals surface area contributed by atoms with Crippen LogP contribution in [0.15, 0.2) is 51.5 Å². The number of thiazole rings is 1. The highest BCUT2D eigenvalue weighted by atomic mass is 32.2. The lowest BCUT2D eigenvalue weighted by Crippen LogP contribution is -1.82. The van der Waals surface area contributed by atoms with Gasteiger partial charge in [0.1, 0.15) is 10.7 Å². The van der Waals surface area contributed by atoms with Gasteiger partial charge in [-0.2, -0.15) is 8.78 Å². The highest BCUT2D eigenvalue weighted by molar-refractivity contribution is 7.99. The van der Waals surface area contributed by atoms with Gasteiger partial charge in [-0.15, -0.1) is 21.5 Å². The maximum absolute atomic E-state index is 12.7. The Bertz CT molecular complexity index is 847. The zero-order valence-electron chi connectivity index (χ0n) is 11.9.